The van der Waals surface area contributed by atoms with Gasteiger partial charge in [0.2, 0.25) is 0 Å². The maximum absolute atomic E-state index is 12.8. The Kier molecular flexibility index (Phi) is 3.02. The number of nitrogens with zero attached hydrogens (tertiary/aromatic N) is 2. The summed E-state index contributed by atoms with van der Waals surface area (Å²) in [6.07, 6.45) is 2.73. The maximum atomic E-state index is 12.8. The molecule has 0 atom stereocenters. The van der Waals surface area contributed by atoms with Crippen molar-refractivity contribution in [3.8, 4) is 28.7 Å². The molecule has 0 saturated carbocycles. The van der Waals surface area contributed by atoms with E-state index in [1.165, 1.54) is 6.07 Å². The Hall–Kier alpha value is -2.93. The van der Waals surface area contributed by atoms with Gasteiger partial charge in [0, 0.05) is 11.1 Å². The maximum Gasteiger partial charge on any atom is 0.141 e. The highest BCUT2D eigenvalue weighted by molar-refractivity contribution is 5.68. The molecule has 3 rings (SSSR count). The first-order chi connectivity index (χ1) is 9.76. The highest BCUT2D eigenvalue weighted by Gasteiger charge is 2.08. The number of hydrogen-bond donors (Lipinski definition) is 0. The van der Waals surface area contributed by atoms with Gasteiger partial charge in [0.25, 0.3) is 0 Å². The number of aromatic nitrogens is 1. The lowest BCUT2D eigenvalue weighted by atomic mass is 10.1. The molecule has 0 amide bonds. The average Bonchev–Trinajstić information content (AvgIpc) is 2.98. The van der Waals surface area contributed by atoms with Crippen LogP contribution in [0.15, 0.2) is 59.3 Å². The van der Waals surface area contributed by atoms with Crippen molar-refractivity contribution in [3.05, 3.63) is 66.3 Å². The first-order valence-electron chi connectivity index (χ1n) is 5.97. The standard InChI is InChI=1S/C16H9FN2O/c17-14-4-5-15(19-9-14)13-7-16(20-10-13)12-3-1-2-11(6-12)8-18/h1-7,9-10H. The van der Waals surface area contributed by atoms with E-state index < -0.39 is 0 Å². The molecule has 1 aromatic carbocycles. The number of rotatable bonds is 2. The van der Waals surface area contributed by atoms with E-state index >= 15 is 0 Å². The third-order valence-electron chi connectivity index (χ3n) is 2.90. The highest BCUT2D eigenvalue weighted by atomic mass is 19.1. The normalized spacial score (nSPS) is 10.2. The fraction of sp³-hybridized carbons (Fsp3) is 0. The molecule has 3 nitrogen and oxygen atoms in total. The molecule has 4 heteroatoms. The summed E-state index contributed by atoms with van der Waals surface area (Å²) in [6, 6.07) is 14.0. The first kappa shape index (κ1) is 12.1. The SMILES string of the molecule is N#Cc1cccc(-c2cc(-c3ccc(F)cn3)co2)c1. The van der Waals surface area contributed by atoms with Crippen LogP contribution in [0.4, 0.5) is 4.39 Å². The van der Waals surface area contributed by atoms with E-state index in [9.17, 15) is 4.39 Å². The monoisotopic (exact) mass is 264 g/mol. The van der Waals surface area contributed by atoms with Crippen molar-refractivity contribution < 1.29 is 8.81 Å². The van der Waals surface area contributed by atoms with Crippen LogP contribution in [0, 0.1) is 17.1 Å². The minimum absolute atomic E-state index is 0.376. The van der Waals surface area contributed by atoms with Crippen LogP contribution in [-0.4, -0.2) is 4.98 Å². The van der Waals surface area contributed by atoms with Gasteiger partial charge in [-0.25, -0.2) is 4.39 Å². The summed E-state index contributed by atoms with van der Waals surface area (Å²) in [5.41, 5.74) is 2.79. The Morgan fingerprint density at radius 1 is 1.10 bits per heavy atom. The van der Waals surface area contributed by atoms with E-state index in [2.05, 4.69) is 11.1 Å². The van der Waals surface area contributed by atoms with Crippen molar-refractivity contribution in [1.82, 2.24) is 4.98 Å². The molecule has 96 valence electrons. The lowest BCUT2D eigenvalue weighted by Crippen LogP contribution is -1.82. The van der Waals surface area contributed by atoms with Gasteiger partial charge in [0.15, 0.2) is 0 Å². The van der Waals surface area contributed by atoms with Crippen molar-refractivity contribution >= 4 is 0 Å². The van der Waals surface area contributed by atoms with Crippen LogP contribution >= 0.6 is 0 Å². The first-order valence-corrected chi connectivity index (χ1v) is 5.97. The second-order valence-electron chi connectivity index (χ2n) is 4.25. The molecule has 0 unspecified atom stereocenters. The third kappa shape index (κ3) is 2.29. The Balaban J connectivity index is 1.97. The summed E-state index contributed by atoms with van der Waals surface area (Å²) >= 11 is 0. The fourth-order valence-electron chi connectivity index (χ4n) is 1.91. The summed E-state index contributed by atoms with van der Waals surface area (Å²) in [4.78, 5) is 4.00. The number of benzene rings is 1. The molecule has 0 radical (unpaired) electrons. The molecule has 0 N–H and O–H groups in total. The van der Waals surface area contributed by atoms with E-state index in [0.29, 0.717) is 17.0 Å². The molecule has 2 heterocycles. The van der Waals surface area contributed by atoms with E-state index in [0.717, 1.165) is 17.3 Å². The van der Waals surface area contributed by atoms with E-state index in [4.69, 9.17) is 9.68 Å². The summed E-state index contributed by atoms with van der Waals surface area (Å²) < 4.78 is 18.3. The van der Waals surface area contributed by atoms with Gasteiger partial charge in [-0.15, -0.1) is 0 Å². The van der Waals surface area contributed by atoms with Crippen LogP contribution in [0.5, 0.6) is 0 Å². The van der Waals surface area contributed by atoms with Crippen molar-refractivity contribution in [2.75, 3.05) is 0 Å². The number of pyridine rings is 1. The fourth-order valence-corrected chi connectivity index (χ4v) is 1.91. The van der Waals surface area contributed by atoms with Crippen molar-refractivity contribution in [3.63, 3.8) is 0 Å². The quantitative estimate of drug-likeness (QED) is 0.702. The third-order valence-corrected chi connectivity index (χ3v) is 2.90. The molecule has 0 aliphatic rings. The minimum atomic E-state index is -0.376. The van der Waals surface area contributed by atoms with Gasteiger partial charge in [0.05, 0.1) is 23.5 Å². The molecule has 3 aromatic rings. The van der Waals surface area contributed by atoms with Gasteiger partial charge >= 0.3 is 0 Å². The van der Waals surface area contributed by atoms with E-state index in [1.807, 2.05) is 12.1 Å². The van der Waals surface area contributed by atoms with Crippen LogP contribution in [0.2, 0.25) is 0 Å². The smallest absolute Gasteiger partial charge is 0.141 e. The van der Waals surface area contributed by atoms with E-state index in [1.54, 1.807) is 30.5 Å². The van der Waals surface area contributed by atoms with Gasteiger partial charge in [-0.2, -0.15) is 5.26 Å². The van der Waals surface area contributed by atoms with Crippen LogP contribution in [0.3, 0.4) is 0 Å². The lowest BCUT2D eigenvalue weighted by molar-refractivity contribution is 0.583. The van der Waals surface area contributed by atoms with Crippen molar-refractivity contribution in [1.29, 1.82) is 5.26 Å². The second kappa shape index (κ2) is 4.98. The Morgan fingerprint density at radius 3 is 2.75 bits per heavy atom. The number of furan rings is 1. The molecule has 2 aromatic heterocycles. The van der Waals surface area contributed by atoms with Crippen LogP contribution in [-0.2, 0) is 0 Å². The van der Waals surface area contributed by atoms with E-state index in [-0.39, 0.29) is 5.82 Å². The van der Waals surface area contributed by atoms with Crippen molar-refractivity contribution in [2.45, 2.75) is 0 Å². The summed E-state index contributed by atoms with van der Waals surface area (Å²) in [6.45, 7) is 0. The predicted molar refractivity (Wildman–Crippen MR) is 72.0 cm³/mol. The minimum Gasteiger partial charge on any atom is -0.464 e. The molecule has 0 aliphatic heterocycles. The van der Waals surface area contributed by atoms with Crippen LogP contribution < -0.4 is 0 Å². The zero-order chi connectivity index (χ0) is 13.9. The summed E-state index contributed by atoms with van der Waals surface area (Å²) in [7, 11) is 0. The Morgan fingerprint density at radius 2 is 2.00 bits per heavy atom. The highest BCUT2D eigenvalue weighted by Crippen LogP contribution is 2.27. The zero-order valence-electron chi connectivity index (χ0n) is 10.4. The molecule has 0 saturated heterocycles. The Bertz CT molecular complexity index is 785. The van der Waals surface area contributed by atoms with Crippen LogP contribution in [0.25, 0.3) is 22.6 Å². The van der Waals surface area contributed by atoms with Gasteiger partial charge in [-0.3, -0.25) is 4.98 Å². The molecule has 20 heavy (non-hydrogen) atoms. The number of halogens is 1. The van der Waals surface area contributed by atoms with Gasteiger partial charge < -0.3 is 4.42 Å². The second-order valence-corrected chi connectivity index (χ2v) is 4.25. The topological polar surface area (TPSA) is 49.8 Å². The number of nitriles is 1. The molecular formula is C16H9FN2O. The molecular weight excluding hydrogens is 255 g/mol. The molecule has 0 aliphatic carbocycles. The molecule has 0 fully saturated rings. The average molecular weight is 264 g/mol. The van der Waals surface area contributed by atoms with Gasteiger partial charge in [-0.05, 0) is 30.3 Å². The summed E-state index contributed by atoms with van der Waals surface area (Å²) in [5.74, 6) is 0.266. The molecule has 0 bridgehead atoms. The lowest BCUT2D eigenvalue weighted by Gasteiger charge is -1.96. The summed E-state index contributed by atoms with van der Waals surface area (Å²) in [5, 5.41) is 8.89. The Labute approximate surface area is 114 Å². The van der Waals surface area contributed by atoms with Gasteiger partial charge in [0.1, 0.15) is 17.8 Å². The predicted octanol–water partition coefficient (Wildman–Crippen LogP) is 4.02. The van der Waals surface area contributed by atoms with Crippen LogP contribution in [0.1, 0.15) is 5.56 Å². The van der Waals surface area contributed by atoms with Crippen molar-refractivity contribution in [2.24, 2.45) is 0 Å². The van der Waals surface area contributed by atoms with Gasteiger partial charge in [-0.1, -0.05) is 12.1 Å². The largest absolute Gasteiger partial charge is 0.464 e. The molecule has 0 spiro atoms. The number of hydrogen-bond acceptors (Lipinski definition) is 3. The zero-order valence-corrected chi connectivity index (χ0v) is 10.4.